The van der Waals surface area contributed by atoms with Crippen molar-refractivity contribution in [3.05, 3.63) is 58.1 Å². The van der Waals surface area contributed by atoms with Crippen LogP contribution in [-0.2, 0) is 9.59 Å². The molecule has 2 aromatic rings. The van der Waals surface area contributed by atoms with Crippen molar-refractivity contribution >= 4 is 29.1 Å². The van der Waals surface area contributed by atoms with Crippen molar-refractivity contribution in [3.8, 4) is 5.75 Å². The van der Waals surface area contributed by atoms with Gasteiger partial charge in [0, 0.05) is 5.02 Å². The van der Waals surface area contributed by atoms with E-state index in [1.54, 1.807) is 25.2 Å². The SMILES string of the molecule is COc1ccc(Cl)cc1NC(=O)C[NH+](C)CC(=O)N[C@H](C)c1ccc(C)c(C)c1. The molecule has 0 saturated heterocycles. The summed E-state index contributed by atoms with van der Waals surface area (Å²) in [5.74, 6) is 0.194. The number of methoxy groups -OCH3 is 1. The topological polar surface area (TPSA) is 71.9 Å². The fourth-order valence-electron chi connectivity index (χ4n) is 2.99. The first kappa shape index (κ1) is 22.7. The van der Waals surface area contributed by atoms with E-state index in [-0.39, 0.29) is 30.9 Å². The van der Waals surface area contributed by atoms with Gasteiger partial charge in [-0.2, -0.15) is 0 Å². The average molecular weight is 419 g/mol. The molecule has 0 radical (unpaired) electrons. The molecule has 0 saturated carbocycles. The minimum Gasteiger partial charge on any atom is -0.495 e. The van der Waals surface area contributed by atoms with Gasteiger partial charge in [0.15, 0.2) is 13.1 Å². The minimum absolute atomic E-state index is 0.0980. The van der Waals surface area contributed by atoms with Gasteiger partial charge >= 0.3 is 0 Å². The second-order valence-corrected chi connectivity index (χ2v) is 7.77. The number of hydrogen-bond donors (Lipinski definition) is 3. The normalized spacial score (nSPS) is 12.8. The van der Waals surface area contributed by atoms with E-state index in [9.17, 15) is 9.59 Å². The largest absolute Gasteiger partial charge is 0.495 e. The van der Waals surface area contributed by atoms with E-state index in [1.807, 2.05) is 13.0 Å². The summed E-state index contributed by atoms with van der Waals surface area (Å²) in [5.41, 5.74) is 3.98. The molecular weight excluding hydrogens is 390 g/mol. The molecule has 2 amide bonds. The number of rotatable bonds is 8. The number of carbonyl (C=O) groups excluding carboxylic acids is 2. The second kappa shape index (κ2) is 10.3. The van der Waals surface area contributed by atoms with Crippen LogP contribution in [-0.4, -0.2) is 39.1 Å². The highest BCUT2D eigenvalue weighted by atomic mass is 35.5. The summed E-state index contributed by atoms with van der Waals surface area (Å²) < 4.78 is 5.23. The highest BCUT2D eigenvalue weighted by Crippen LogP contribution is 2.27. The van der Waals surface area contributed by atoms with E-state index in [0.717, 1.165) is 10.5 Å². The summed E-state index contributed by atoms with van der Waals surface area (Å²) in [5, 5.41) is 6.28. The molecule has 2 aromatic carbocycles. The summed E-state index contributed by atoms with van der Waals surface area (Å²) in [6.07, 6.45) is 0. The fraction of sp³-hybridized carbons (Fsp3) is 0.364. The van der Waals surface area contributed by atoms with Gasteiger partial charge in [-0.05, 0) is 55.7 Å². The molecule has 0 spiro atoms. The number of nitrogens with one attached hydrogen (secondary N) is 3. The zero-order chi connectivity index (χ0) is 21.6. The van der Waals surface area contributed by atoms with Crippen LogP contribution < -0.4 is 20.3 Å². The Kier molecular flexibility index (Phi) is 8.05. The van der Waals surface area contributed by atoms with Crippen LogP contribution in [0.15, 0.2) is 36.4 Å². The summed E-state index contributed by atoms with van der Waals surface area (Å²) in [4.78, 5) is 25.5. The zero-order valence-electron chi connectivity index (χ0n) is 17.6. The Bertz CT molecular complexity index is 886. The molecule has 0 aliphatic carbocycles. The molecule has 0 fully saturated rings. The molecule has 2 rings (SSSR count). The first-order valence-electron chi connectivity index (χ1n) is 9.50. The maximum absolute atomic E-state index is 12.4. The minimum atomic E-state index is -0.224. The molecule has 0 heterocycles. The molecule has 29 heavy (non-hydrogen) atoms. The van der Waals surface area contributed by atoms with Gasteiger partial charge in [0.05, 0.1) is 25.9 Å². The summed E-state index contributed by atoms with van der Waals surface area (Å²) in [7, 11) is 3.33. The summed E-state index contributed by atoms with van der Waals surface area (Å²) in [6.45, 7) is 6.40. The van der Waals surface area contributed by atoms with Crippen LogP contribution in [0.25, 0.3) is 0 Å². The van der Waals surface area contributed by atoms with Crippen molar-refractivity contribution in [1.82, 2.24) is 5.32 Å². The Morgan fingerprint density at radius 2 is 1.76 bits per heavy atom. The lowest BCUT2D eigenvalue weighted by molar-refractivity contribution is -0.862. The first-order chi connectivity index (χ1) is 13.7. The van der Waals surface area contributed by atoms with Crippen molar-refractivity contribution in [3.63, 3.8) is 0 Å². The number of likely N-dealkylation sites (N-methyl/N-ethyl adjacent to an activating group) is 1. The number of quaternary nitrogens is 1. The van der Waals surface area contributed by atoms with Gasteiger partial charge in [0.2, 0.25) is 0 Å². The van der Waals surface area contributed by atoms with Crippen molar-refractivity contribution < 1.29 is 19.2 Å². The molecule has 2 atom stereocenters. The Labute approximate surface area is 177 Å². The lowest BCUT2D eigenvalue weighted by Gasteiger charge is -2.18. The monoisotopic (exact) mass is 418 g/mol. The molecule has 1 unspecified atom stereocenters. The standard InChI is InChI=1S/C22H28ClN3O3/c1-14-6-7-17(10-15(14)2)16(3)24-21(27)12-26(4)13-22(28)25-19-11-18(23)8-9-20(19)29-5/h6-11,16H,12-13H2,1-5H3,(H,24,27)(H,25,28)/p+1/t16-/m1/s1. The van der Waals surface area contributed by atoms with Crippen LogP contribution in [0.2, 0.25) is 5.02 Å². The Morgan fingerprint density at radius 3 is 2.41 bits per heavy atom. The molecule has 6 nitrogen and oxygen atoms in total. The lowest BCUT2D eigenvalue weighted by atomic mass is 10.0. The highest BCUT2D eigenvalue weighted by Gasteiger charge is 2.18. The van der Waals surface area contributed by atoms with E-state index in [2.05, 4.69) is 36.6 Å². The van der Waals surface area contributed by atoms with E-state index < -0.39 is 0 Å². The number of benzene rings is 2. The molecule has 7 heteroatoms. The van der Waals surface area contributed by atoms with Crippen molar-refractivity contribution in [2.45, 2.75) is 26.8 Å². The molecule has 0 aromatic heterocycles. The predicted molar refractivity (Wildman–Crippen MR) is 116 cm³/mol. The zero-order valence-corrected chi connectivity index (χ0v) is 18.3. The molecule has 156 valence electrons. The van der Waals surface area contributed by atoms with Gasteiger partial charge in [0.1, 0.15) is 5.75 Å². The van der Waals surface area contributed by atoms with Crippen molar-refractivity contribution in [1.29, 1.82) is 0 Å². The summed E-state index contributed by atoms with van der Waals surface area (Å²) >= 11 is 5.98. The third-order valence-electron chi connectivity index (χ3n) is 4.77. The molecule has 0 aliphatic heterocycles. The number of hydrogen-bond acceptors (Lipinski definition) is 3. The van der Waals surface area contributed by atoms with Crippen LogP contribution >= 0.6 is 11.6 Å². The number of aryl methyl sites for hydroxylation is 2. The Balaban J connectivity index is 1.87. The quantitative estimate of drug-likeness (QED) is 0.616. The molecule has 3 N–H and O–H groups in total. The third-order valence-corrected chi connectivity index (χ3v) is 5.00. The Hall–Kier alpha value is -2.57. The van der Waals surface area contributed by atoms with Crippen molar-refractivity contribution in [2.24, 2.45) is 0 Å². The first-order valence-corrected chi connectivity index (χ1v) is 9.88. The van der Waals surface area contributed by atoms with Crippen LogP contribution in [0.3, 0.4) is 0 Å². The van der Waals surface area contributed by atoms with Crippen molar-refractivity contribution in [2.75, 3.05) is 32.6 Å². The van der Waals surface area contributed by atoms with Gasteiger partial charge < -0.3 is 20.3 Å². The number of ether oxygens (including phenoxy) is 1. The molecule has 0 aliphatic rings. The van der Waals surface area contributed by atoms with Gasteiger partial charge in [-0.25, -0.2) is 0 Å². The average Bonchev–Trinajstić information content (AvgIpc) is 2.63. The molecule has 0 bridgehead atoms. The smallest absolute Gasteiger partial charge is 0.279 e. The maximum atomic E-state index is 12.4. The second-order valence-electron chi connectivity index (χ2n) is 7.34. The lowest BCUT2D eigenvalue weighted by Crippen LogP contribution is -3.11. The van der Waals surface area contributed by atoms with Gasteiger partial charge in [-0.15, -0.1) is 0 Å². The maximum Gasteiger partial charge on any atom is 0.279 e. The number of amides is 2. The van der Waals surface area contributed by atoms with E-state index >= 15 is 0 Å². The van der Waals surface area contributed by atoms with Gasteiger partial charge in [-0.1, -0.05) is 29.8 Å². The van der Waals surface area contributed by atoms with Gasteiger partial charge in [0.25, 0.3) is 11.8 Å². The summed E-state index contributed by atoms with van der Waals surface area (Å²) in [6, 6.07) is 11.1. The van der Waals surface area contributed by atoms with E-state index in [1.165, 1.54) is 18.2 Å². The third kappa shape index (κ3) is 6.76. The van der Waals surface area contributed by atoms with E-state index in [0.29, 0.717) is 16.5 Å². The fourth-order valence-corrected chi connectivity index (χ4v) is 3.16. The van der Waals surface area contributed by atoms with Crippen LogP contribution in [0.1, 0.15) is 29.7 Å². The predicted octanol–water partition coefficient (Wildman–Crippen LogP) is 2.30. The van der Waals surface area contributed by atoms with Crippen LogP contribution in [0.5, 0.6) is 5.75 Å². The Morgan fingerprint density at radius 1 is 1.07 bits per heavy atom. The number of carbonyl (C=O) groups is 2. The van der Waals surface area contributed by atoms with Gasteiger partial charge in [-0.3, -0.25) is 9.59 Å². The highest BCUT2D eigenvalue weighted by molar-refractivity contribution is 6.31. The van der Waals surface area contributed by atoms with Crippen LogP contribution in [0, 0.1) is 13.8 Å². The molecular formula is C22H29ClN3O3+. The van der Waals surface area contributed by atoms with Crippen LogP contribution in [0.4, 0.5) is 5.69 Å². The number of anilines is 1. The van der Waals surface area contributed by atoms with E-state index in [4.69, 9.17) is 16.3 Å². The number of halogens is 1.